The smallest absolute Gasteiger partial charge is 0.439 e. The Labute approximate surface area is 130 Å². The second-order valence-electron chi connectivity index (χ2n) is 6.05. The fourth-order valence-corrected chi connectivity index (χ4v) is 3.29. The van der Waals surface area contributed by atoms with E-state index in [1.54, 1.807) is 6.92 Å². The number of amides is 1. The standard InChI is InChI=1S/C15H17F3N2O3/c1-9-7-23-8-10(9)13(21)20-14(22,15(16,17)18)11-5-3-2-4-6-12(11)19-20/h7-8,11,22H,2-6H2,1H3/t11-,14-/m0/s1. The number of halogens is 3. The predicted octanol–water partition coefficient (Wildman–Crippen LogP) is 3.23. The first-order valence-corrected chi connectivity index (χ1v) is 7.50. The quantitative estimate of drug-likeness (QED) is 0.860. The zero-order valence-electron chi connectivity index (χ0n) is 12.6. The molecule has 0 bridgehead atoms. The number of fused-ring (bicyclic) bond motifs is 1. The van der Waals surface area contributed by atoms with Crippen LogP contribution in [-0.4, -0.2) is 33.6 Å². The molecular formula is C15H17F3N2O3. The molecule has 0 saturated heterocycles. The fraction of sp³-hybridized carbons (Fsp3) is 0.600. The topological polar surface area (TPSA) is 66.0 Å². The van der Waals surface area contributed by atoms with Gasteiger partial charge < -0.3 is 9.52 Å². The molecule has 0 unspecified atom stereocenters. The number of aliphatic hydroxyl groups is 1. The predicted molar refractivity (Wildman–Crippen MR) is 74.6 cm³/mol. The Hall–Kier alpha value is -1.83. The van der Waals surface area contributed by atoms with E-state index in [9.17, 15) is 23.1 Å². The third kappa shape index (κ3) is 2.36. The molecule has 0 aromatic carbocycles. The third-order valence-corrected chi connectivity index (χ3v) is 4.56. The lowest BCUT2D eigenvalue weighted by Gasteiger charge is -2.37. The number of carbonyl (C=O) groups is 1. The van der Waals surface area contributed by atoms with Crippen LogP contribution in [0.2, 0.25) is 0 Å². The summed E-state index contributed by atoms with van der Waals surface area (Å²) in [6.07, 6.45) is -0.0894. The van der Waals surface area contributed by atoms with Gasteiger partial charge in [0, 0.05) is 11.3 Å². The number of aryl methyl sites for hydroxylation is 1. The number of alkyl halides is 3. The van der Waals surface area contributed by atoms with Crippen molar-refractivity contribution in [3.63, 3.8) is 0 Å². The lowest BCUT2D eigenvalue weighted by molar-refractivity contribution is -0.312. The number of furan rings is 1. The Balaban J connectivity index is 2.06. The molecule has 1 fully saturated rings. The number of hydrogen-bond donors (Lipinski definition) is 1. The van der Waals surface area contributed by atoms with Gasteiger partial charge in [0.2, 0.25) is 0 Å². The van der Waals surface area contributed by atoms with Crippen LogP contribution >= 0.6 is 0 Å². The van der Waals surface area contributed by atoms with Gasteiger partial charge in [0.25, 0.3) is 11.6 Å². The second-order valence-corrected chi connectivity index (χ2v) is 6.05. The molecule has 2 atom stereocenters. The van der Waals surface area contributed by atoms with Gasteiger partial charge >= 0.3 is 6.18 Å². The second kappa shape index (κ2) is 5.36. The van der Waals surface area contributed by atoms with Crippen LogP contribution in [0.5, 0.6) is 0 Å². The first-order valence-electron chi connectivity index (χ1n) is 7.50. The molecule has 5 nitrogen and oxygen atoms in total. The van der Waals surface area contributed by atoms with E-state index in [0.29, 0.717) is 24.8 Å². The molecule has 1 aliphatic carbocycles. The van der Waals surface area contributed by atoms with E-state index < -0.39 is 23.7 Å². The largest absolute Gasteiger partial charge is 0.471 e. The summed E-state index contributed by atoms with van der Waals surface area (Å²) in [5, 5.41) is 14.6. The van der Waals surface area contributed by atoms with Crippen molar-refractivity contribution >= 4 is 11.6 Å². The number of carbonyl (C=O) groups excluding carboxylic acids is 1. The van der Waals surface area contributed by atoms with Crippen molar-refractivity contribution in [3.8, 4) is 0 Å². The van der Waals surface area contributed by atoms with Crippen LogP contribution in [0.25, 0.3) is 0 Å². The van der Waals surface area contributed by atoms with Crippen LogP contribution in [0.3, 0.4) is 0 Å². The van der Waals surface area contributed by atoms with Crippen LogP contribution in [-0.2, 0) is 0 Å². The highest BCUT2D eigenvalue weighted by molar-refractivity contribution is 5.99. The molecule has 3 rings (SSSR count). The summed E-state index contributed by atoms with van der Waals surface area (Å²) in [5.74, 6) is -2.21. The summed E-state index contributed by atoms with van der Waals surface area (Å²) in [4.78, 5) is 12.5. The first-order chi connectivity index (χ1) is 10.8. The summed E-state index contributed by atoms with van der Waals surface area (Å²) in [6, 6.07) is 0. The maximum Gasteiger partial charge on any atom is 0.439 e. The van der Waals surface area contributed by atoms with E-state index in [-0.39, 0.29) is 22.7 Å². The Bertz CT molecular complexity index is 653. The Morgan fingerprint density at radius 2 is 2.13 bits per heavy atom. The minimum absolute atomic E-state index is 0.0338. The lowest BCUT2D eigenvalue weighted by Crippen LogP contribution is -2.61. The van der Waals surface area contributed by atoms with Crippen molar-refractivity contribution in [2.24, 2.45) is 11.0 Å². The van der Waals surface area contributed by atoms with Crippen molar-refractivity contribution < 1.29 is 27.5 Å². The maximum absolute atomic E-state index is 13.7. The van der Waals surface area contributed by atoms with E-state index in [0.717, 1.165) is 12.7 Å². The third-order valence-electron chi connectivity index (χ3n) is 4.56. The van der Waals surface area contributed by atoms with Gasteiger partial charge in [-0.05, 0) is 26.2 Å². The molecule has 1 aromatic rings. The summed E-state index contributed by atoms with van der Waals surface area (Å²) >= 11 is 0. The molecular weight excluding hydrogens is 313 g/mol. The molecule has 1 saturated carbocycles. The molecule has 2 aliphatic rings. The Morgan fingerprint density at radius 3 is 2.74 bits per heavy atom. The molecule has 1 aliphatic heterocycles. The molecule has 23 heavy (non-hydrogen) atoms. The van der Waals surface area contributed by atoms with Crippen molar-refractivity contribution in [2.75, 3.05) is 0 Å². The van der Waals surface area contributed by atoms with Gasteiger partial charge in [-0.15, -0.1) is 0 Å². The average Bonchev–Trinajstić information content (AvgIpc) is 2.92. The normalized spacial score (nSPS) is 28.3. The maximum atomic E-state index is 13.7. The van der Waals surface area contributed by atoms with Gasteiger partial charge in [0.1, 0.15) is 6.26 Å². The van der Waals surface area contributed by atoms with Crippen LogP contribution in [0, 0.1) is 12.8 Å². The highest BCUT2D eigenvalue weighted by atomic mass is 19.4. The highest BCUT2D eigenvalue weighted by Gasteiger charge is 2.68. The molecule has 2 heterocycles. The van der Waals surface area contributed by atoms with Gasteiger partial charge in [-0.2, -0.15) is 23.3 Å². The van der Waals surface area contributed by atoms with Crippen LogP contribution in [0.4, 0.5) is 13.2 Å². The Morgan fingerprint density at radius 1 is 1.39 bits per heavy atom. The van der Waals surface area contributed by atoms with E-state index in [1.807, 2.05) is 0 Å². The number of rotatable bonds is 1. The zero-order chi connectivity index (χ0) is 16.8. The molecule has 8 heteroatoms. The molecule has 126 valence electrons. The summed E-state index contributed by atoms with van der Waals surface area (Å²) in [5.41, 5.74) is -2.69. The number of nitrogens with zero attached hydrogens (tertiary/aromatic N) is 2. The summed E-state index contributed by atoms with van der Waals surface area (Å²) in [6.45, 7) is 1.55. The van der Waals surface area contributed by atoms with Crippen molar-refractivity contribution in [3.05, 3.63) is 23.7 Å². The lowest BCUT2D eigenvalue weighted by atomic mass is 9.87. The SMILES string of the molecule is Cc1cocc1C(=O)N1N=C2CCCCC[C@@H]2[C@]1(O)C(F)(F)F. The molecule has 0 spiro atoms. The number of hydrogen-bond acceptors (Lipinski definition) is 4. The van der Waals surface area contributed by atoms with Gasteiger partial charge in [0.15, 0.2) is 0 Å². The van der Waals surface area contributed by atoms with Gasteiger partial charge in [-0.3, -0.25) is 4.79 Å². The molecule has 1 aromatic heterocycles. The van der Waals surface area contributed by atoms with Crippen molar-refractivity contribution in [1.29, 1.82) is 0 Å². The minimum Gasteiger partial charge on any atom is -0.471 e. The van der Waals surface area contributed by atoms with Gasteiger partial charge in [-0.1, -0.05) is 12.8 Å². The van der Waals surface area contributed by atoms with Gasteiger partial charge in [0.05, 0.1) is 17.7 Å². The first kappa shape index (κ1) is 16.0. The van der Waals surface area contributed by atoms with Gasteiger partial charge in [-0.25, -0.2) is 0 Å². The molecule has 1 N–H and O–H groups in total. The van der Waals surface area contributed by atoms with E-state index in [1.165, 1.54) is 6.26 Å². The van der Waals surface area contributed by atoms with Crippen LogP contribution < -0.4 is 0 Å². The minimum atomic E-state index is -5.00. The summed E-state index contributed by atoms with van der Waals surface area (Å²) < 4.78 is 45.8. The fourth-order valence-electron chi connectivity index (χ4n) is 3.29. The van der Waals surface area contributed by atoms with E-state index in [2.05, 4.69) is 5.10 Å². The van der Waals surface area contributed by atoms with Crippen LogP contribution in [0.15, 0.2) is 22.0 Å². The van der Waals surface area contributed by atoms with E-state index in [4.69, 9.17) is 4.42 Å². The highest BCUT2D eigenvalue weighted by Crippen LogP contribution is 2.48. The average molecular weight is 330 g/mol. The molecule has 0 radical (unpaired) electrons. The van der Waals surface area contributed by atoms with E-state index >= 15 is 0 Å². The Kier molecular flexibility index (Phi) is 3.74. The zero-order valence-corrected chi connectivity index (χ0v) is 12.6. The monoisotopic (exact) mass is 330 g/mol. The van der Waals surface area contributed by atoms with Crippen molar-refractivity contribution in [1.82, 2.24) is 5.01 Å². The van der Waals surface area contributed by atoms with Crippen molar-refractivity contribution in [2.45, 2.75) is 50.9 Å². The molecule has 1 amide bonds. The number of hydrazone groups is 1. The summed E-state index contributed by atoms with van der Waals surface area (Å²) in [7, 11) is 0. The van der Waals surface area contributed by atoms with Crippen LogP contribution in [0.1, 0.15) is 48.0 Å².